The van der Waals surface area contributed by atoms with Crippen LogP contribution in [0.5, 0.6) is 5.75 Å². The standard InChI is InChI=1S/C27H36Cl2N2O3/c1-7-18(3)30-26(33)23(8-2)31(16-19-13-14-20(28)15-22(19)29)25(32)17-34-24-12-10-9-11-21(24)27(4,5)6/h9-15,18,23H,7-8,16-17H2,1-6H3,(H,30,33)/t18-,23-/m1/s1. The SMILES string of the molecule is CC[C@@H](C)NC(=O)[C@@H](CC)N(Cc1ccc(Cl)cc1Cl)C(=O)COc1ccccc1C(C)(C)C. The van der Waals surface area contributed by atoms with E-state index in [9.17, 15) is 9.59 Å². The van der Waals surface area contributed by atoms with Crippen molar-refractivity contribution in [3.8, 4) is 5.75 Å². The van der Waals surface area contributed by atoms with Gasteiger partial charge in [-0.3, -0.25) is 9.59 Å². The first-order valence-corrected chi connectivity index (χ1v) is 12.5. The Balaban J connectivity index is 2.32. The van der Waals surface area contributed by atoms with E-state index < -0.39 is 6.04 Å². The molecule has 2 aromatic carbocycles. The summed E-state index contributed by atoms with van der Waals surface area (Å²) in [5.41, 5.74) is 1.58. The predicted octanol–water partition coefficient (Wildman–Crippen LogP) is 6.39. The fraction of sp³-hybridized carbons (Fsp3) is 0.481. The van der Waals surface area contributed by atoms with Gasteiger partial charge in [0.25, 0.3) is 5.91 Å². The summed E-state index contributed by atoms with van der Waals surface area (Å²) in [5.74, 6) is 0.177. The molecule has 2 aromatic rings. The van der Waals surface area contributed by atoms with E-state index in [4.69, 9.17) is 27.9 Å². The Morgan fingerprint density at radius 1 is 1.06 bits per heavy atom. The van der Waals surface area contributed by atoms with Crippen molar-refractivity contribution in [2.75, 3.05) is 6.61 Å². The Morgan fingerprint density at radius 3 is 2.32 bits per heavy atom. The molecule has 0 aliphatic heterocycles. The molecule has 0 aliphatic carbocycles. The lowest BCUT2D eigenvalue weighted by atomic mass is 9.86. The molecule has 2 rings (SSSR count). The van der Waals surface area contributed by atoms with Gasteiger partial charge in [-0.05, 0) is 54.5 Å². The number of rotatable bonds is 10. The zero-order valence-corrected chi connectivity index (χ0v) is 22.5. The summed E-state index contributed by atoms with van der Waals surface area (Å²) in [4.78, 5) is 28.1. The van der Waals surface area contributed by atoms with Gasteiger partial charge in [-0.2, -0.15) is 0 Å². The molecule has 0 saturated heterocycles. The van der Waals surface area contributed by atoms with Gasteiger partial charge in [0.15, 0.2) is 6.61 Å². The number of carbonyl (C=O) groups is 2. The van der Waals surface area contributed by atoms with Gasteiger partial charge >= 0.3 is 0 Å². The number of para-hydroxylation sites is 1. The molecule has 0 unspecified atom stereocenters. The molecule has 7 heteroatoms. The summed E-state index contributed by atoms with van der Waals surface area (Å²) in [6, 6.07) is 12.2. The molecule has 0 heterocycles. The summed E-state index contributed by atoms with van der Waals surface area (Å²) >= 11 is 12.5. The van der Waals surface area contributed by atoms with E-state index in [0.29, 0.717) is 27.8 Å². The fourth-order valence-corrected chi connectivity index (χ4v) is 4.10. The van der Waals surface area contributed by atoms with E-state index in [2.05, 4.69) is 26.1 Å². The van der Waals surface area contributed by atoms with Gasteiger partial charge in [0.1, 0.15) is 11.8 Å². The van der Waals surface area contributed by atoms with Crippen molar-refractivity contribution in [2.24, 2.45) is 0 Å². The van der Waals surface area contributed by atoms with E-state index in [1.807, 2.05) is 45.0 Å². The highest BCUT2D eigenvalue weighted by atomic mass is 35.5. The summed E-state index contributed by atoms with van der Waals surface area (Å²) < 4.78 is 5.99. The number of amides is 2. The molecule has 1 N–H and O–H groups in total. The van der Waals surface area contributed by atoms with Gasteiger partial charge in [0.05, 0.1) is 0 Å². The molecule has 186 valence electrons. The lowest BCUT2D eigenvalue weighted by Crippen LogP contribution is -2.51. The molecular formula is C27H36Cl2N2O3. The predicted molar refractivity (Wildman–Crippen MR) is 140 cm³/mol. The van der Waals surface area contributed by atoms with E-state index >= 15 is 0 Å². The van der Waals surface area contributed by atoms with Gasteiger partial charge in [0, 0.05) is 22.6 Å². The van der Waals surface area contributed by atoms with E-state index in [1.54, 1.807) is 23.1 Å². The molecule has 0 bridgehead atoms. The highest BCUT2D eigenvalue weighted by Crippen LogP contribution is 2.31. The molecule has 0 spiro atoms. The minimum Gasteiger partial charge on any atom is -0.483 e. The molecule has 0 aromatic heterocycles. The van der Waals surface area contributed by atoms with Crippen LogP contribution in [-0.4, -0.2) is 35.4 Å². The summed E-state index contributed by atoms with van der Waals surface area (Å²) in [5, 5.41) is 3.96. The van der Waals surface area contributed by atoms with Crippen LogP contribution in [0, 0.1) is 0 Å². The summed E-state index contributed by atoms with van der Waals surface area (Å²) in [7, 11) is 0. The second kappa shape index (κ2) is 12.5. The Bertz CT molecular complexity index is 988. The largest absolute Gasteiger partial charge is 0.483 e. The molecule has 0 radical (unpaired) electrons. The Hall–Kier alpha value is -2.24. The van der Waals surface area contributed by atoms with Crippen LogP contribution in [0.15, 0.2) is 42.5 Å². The van der Waals surface area contributed by atoms with E-state index in [0.717, 1.165) is 12.0 Å². The summed E-state index contributed by atoms with van der Waals surface area (Å²) in [6.45, 7) is 12.1. The van der Waals surface area contributed by atoms with Crippen LogP contribution in [0.1, 0.15) is 65.5 Å². The van der Waals surface area contributed by atoms with Crippen molar-refractivity contribution in [3.05, 3.63) is 63.6 Å². The lowest BCUT2D eigenvalue weighted by Gasteiger charge is -2.32. The number of carbonyl (C=O) groups excluding carboxylic acids is 2. The van der Waals surface area contributed by atoms with Crippen LogP contribution < -0.4 is 10.1 Å². The molecule has 34 heavy (non-hydrogen) atoms. The monoisotopic (exact) mass is 506 g/mol. The molecule has 0 aliphatic rings. The third kappa shape index (κ3) is 7.64. The Labute approximate surface area is 213 Å². The van der Waals surface area contributed by atoms with E-state index in [1.165, 1.54) is 0 Å². The average molecular weight is 508 g/mol. The van der Waals surface area contributed by atoms with Crippen LogP contribution in [0.2, 0.25) is 10.0 Å². The quantitative estimate of drug-likeness (QED) is 0.405. The van der Waals surface area contributed by atoms with Crippen LogP contribution in [0.3, 0.4) is 0 Å². The van der Waals surface area contributed by atoms with Gasteiger partial charge in [-0.1, -0.05) is 82.1 Å². The third-order valence-electron chi connectivity index (χ3n) is 5.79. The number of hydrogen-bond donors (Lipinski definition) is 1. The third-order valence-corrected chi connectivity index (χ3v) is 6.38. The number of nitrogens with zero attached hydrogens (tertiary/aromatic N) is 1. The maximum Gasteiger partial charge on any atom is 0.261 e. The summed E-state index contributed by atoms with van der Waals surface area (Å²) in [6.07, 6.45) is 1.25. The van der Waals surface area contributed by atoms with Gasteiger partial charge in [-0.25, -0.2) is 0 Å². The first kappa shape index (κ1) is 28.0. The first-order chi connectivity index (χ1) is 16.0. The van der Waals surface area contributed by atoms with Crippen LogP contribution in [0.4, 0.5) is 0 Å². The van der Waals surface area contributed by atoms with Crippen molar-refractivity contribution in [3.63, 3.8) is 0 Å². The van der Waals surface area contributed by atoms with Crippen LogP contribution in [-0.2, 0) is 21.5 Å². The normalized spacial score (nSPS) is 13.2. The maximum atomic E-state index is 13.5. The van der Waals surface area contributed by atoms with Crippen LogP contribution >= 0.6 is 23.2 Å². The van der Waals surface area contributed by atoms with Crippen molar-refractivity contribution in [2.45, 2.75) is 78.4 Å². The van der Waals surface area contributed by atoms with Gasteiger partial charge in [-0.15, -0.1) is 0 Å². The van der Waals surface area contributed by atoms with Crippen molar-refractivity contribution in [1.82, 2.24) is 10.2 Å². The highest BCUT2D eigenvalue weighted by Gasteiger charge is 2.30. The molecule has 2 atom stereocenters. The number of hydrogen-bond acceptors (Lipinski definition) is 3. The molecule has 0 saturated carbocycles. The highest BCUT2D eigenvalue weighted by molar-refractivity contribution is 6.35. The second-order valence-electron chi connectivity index (χ2n) is 9.53. The molecular weight excluding hydrogens is 471 g/mol. The van der Waals surface area contributed by atoms with Crippen molar-refractivity contribution >= 4 is 35.0 Å². The topological polar surface area (TPSA) is 58.6 Å². The minimum absolute atomic E-state index is 0.00698. The number of benzene rings is 2. The Morgan fingerprint density at radius 2 is 1.74 bits per heavy atom. The molecule has 0 fully saturated rings. The number of halogens is 2. The minimum atomic E-state index is -0.658. The number of nitrogens with one attached hydrogen (secondary N) is 1. The van der Waals surface area contributed by atoms with Crippen molar-refractivity contribution in [1.29, 1.82) is 0 Å². The fourth-order valence-electron chi connectivity index (χ4n) is 3.63. The second-order valence-corrected chi connectivity index (χ2v) is 10.4. The molecule has 2 amide bonds. The first-order valence-electron chi connectivity index (χ1n) is 11.7. The van der Waals surface area contributed by atoms with Gasteiger partial charge in [0.2, 0.25) is 5.91 Å². The van der Waals surface area contributed by atoms with E-state index in [-0.39, 0.29) is 36.4 Å². The van der Waals surface area contributed by atoms with Crippen molar-refractivity contribution < 1.29 is 14.3 Å². The maximum absolute atomic E-state index is 13.5. The van der Waals surface area contributed by atoms with Gasteiger partial charge < -0.3 is 15.0 Å². The smallest absolute Gasteiger partial charge is 0.261 e. The molecule has 5 nitrogen and oxygen atoms in total. The number of ether oxygens (including phenoxy) is 1. The average Bonchev–Trinajstić information content (AvgIpc) is 2.78. The lowest BCUT2D eigenvalue weighted by molar-refractivity contribution is -0.143. The zero-order chi connectivity index (χ0) is 25.5. The Kier molecular flexibility index (Phi) is 10.3. The van der Waals surface area contributed by atoms with Crippen LogP contribution in [0.25, 0.3) is 0 Å². The zero-order valence-electron chi connectivity index (χ0n) is 21.0.